The largest absolute Gasteiger partial charge is 0.449 e. The number of hydrogen-bond donors (Lipinski definition) is 0. The summed E-state index contributed by atoms with van der Waals surface area (Å²) in [6.07, 6.45) is 0.838. The average molecular weight is 302 g/mol. The molecule has 1 rings (SSSR count). The fourth-order valence-corrected chi connectivity index (χ4v) is 1.77. The number of Topliss-reactive ketones (excluding diaryl/α,β-unsaturated/α-hetero) is 1. The Kier molecular flexibility index (Phi) is 8.63. The van der Waals surface area contributed by atoms with Gasteiger partial charge >= 0.3 is 5.97 Å². The van der Waals surface area contributed by atoms with E-state index < -0.39 is 6.10 Å². The number of carbonyl (C=O) groups is 2. The molecule has 118 valence electrons. The summed E-state index contributed by atoms with van der Waals surface area (Å²) in [4.78, 5) is 22.0. The minimum Gasteiger partial charge on any atom is -0.449 e. The van der Waals surface area contributed by atoms with Crippen LogP contribution in [0.3, 0.4) is 0 Å². The first-order valence-corrected chi connectivity index (χ1v) is 7.34. The van der Waals surface area contributed by atoms with Crippen molar-refractivity contribution in [3.8, 4) is 11.8 Å². The highest BCUT2D eigenvalue weighted by Crippen LogP contribution is 2.03. The van der Waals surface area contributed by atoms with E-state index in [4.69, 9.17) is 9.47 Å². The van der Waals surface area contributed by atoms with E-state index in [-0.39, 0.29) is 11.8 Å². The number of benzene rings is 1. The summed E-state index contributed by atoms with van der Waals surface area (Å²) in [5.74, 6) is 5.49. The Morgan fingerprint density at radius 3 is 2.55 bits per heavy atom. The molecule has 0 aromatic heterocycles. The highest BCUT2D eigenvalue weighted by molar-refractivity contribution is 5.75. The second kappa shape index (κ2) is 10.6. The normalized spacial score (nSPS) is 11.2. The van der Waals surface area contributed by atoms with Crippen molar-refractivity contribution in [1.82, 2.24) is 0 Å². The third-order valence-corrected chi connectivity index (χ3v) is 2.81. The van der Waals surface area contributed by atoms with Gasteiger partial charge in [-0.15, -0.1) is 0 Å². The molecule has 0 fully saturated rings. The van der Waals surface area contributed by atoms with Gasteiger partial charge in [0.2, 0.25) is 0 Å². The van der Waals surface area contributed by atoms with Crippen molar-refractivity contribution in [2.75, 3.05) is 6.61 Å². The Bertz CT molecular complexity index is 525. The maximum absolute atomic E-state index is 11.0. The van der Waals surface area contributed by atoms with Crippen molar-refractivity contribution < 1.29 is 19.1 Å². The van der Waals surface area contributed by atoms with E-state index in [0.717, 1.165) is 5.56 Å². The molecule has 0 radical (unpaired) electrons. The molecule has 0 heterocycles. The summed E-state index contributed by atoms with van der Waals surface area (Å²) >= 11 is 0. The number of hydrogen-bond acceptors (Lipinski definition) is 4. The topological polar surface area (TPSA) is 52.6 Å². The van der Waals surface area contributed by atoms with Crippen LogP contribution in [0.1, 0.15) is 38.7 Å². The Balaban J connectivity index is 2.28. The van der Waals surface area contributed by atoms with Crippen LogP contribution in [-0.2, 0) is 25.7 Å². The van der Waals surface area contributed by atoms with Crippen molar-refractivity contribution in [1.29, 1.82) is 0 Å². The van der Waals surface area contributed by atoms with E-state index in [0.29, 0.717) is 32.5 Å². The number of ether oxygens (including phenoxy) is 2. The van der Waals surface area contributed by atoms with Crippen LogP contribution in [0, 0.1) is 11.8 Å². The lowest BCUT2D eigenvalue weighted by atomic mass is 10.1. The van der Waals surface area contributed by atoms with E-state index >= 15 is 0 Å². The van der Waals surface area contributed by atoms with E-state index in [9.17, 15) is 9.59 Å². The van der Waals surface area contributed by atoms with Gasteiger partial charge in [-0.3, -0.25) is 4.79 Å². The lowest BCUT2D eigenvalue weighted by Gasteiger charge is -2.09. The van der Waals surface area contributed by atoms with Crippen LogP contribution in [0.25, 0.3) is 0 Å². The van der Waals surface area contributed by atoms with E-state index in [1.54, 1.807) is 0 Å². The highest BCUT2D eigenvalue weighted by Gasteiger charge is 2.09. The van der Waals surface area contributed by atoms with Gasteiger partial charge in [-0.25, -0.2) is 0 Å². The molecule has 0 aliphatic heterocycles. The molecule has 1 aromatic carbocycles. The molecule has 0 spiro atoms. The lowest BCUT2D eigenvalue weighted by Crippen LogP contribution is -2.15. The quantitative estimate of drug-likeness (QED) is 0.421. The van der Waals surface area contributed by atoms with E-state index in [1.165, 1.54) is 13.8 Å². The maximum atomic E-state index is 11.0. The first kappa shape index (κ1) is 17.9. The monoisotopic (exact) mass is 302 g/mol. The zero-order chi connectivity index (χ0) is 16.2. The molecule has 1 aromatic rings. The molecular weight excluding hydrogens is 280 g/mol. The van der Waals surface area contributed by atoms with Gasteiger partial charge in [0.25, 0.3) is 0 Å². The van der Waals surface area contributed by atoms with Crippen LogP contribution in [0.4, 0.5) is 0 Å². The van der Waals surface area contributed by atoms with Gasteiger partial charge in [0, 0.05) is 26.2 Å². The third-order valence-electron chi connectivity index (χ3n) is 2.81. The number of esters is 1. The predicted octanol–water partition coefficient (Wildman–Crippen LogP) is 2.90. The minimum absolute atomic E-state index is 0.0603. The number of ketones is 1. The molecule has 0 N–H and O–H groups in total. The molecule has 0 aliphatic carbocycles. The molecule has 4 heteroatoms. The standard InChI is InChI=1S/C18H22O4/c1-15(19)11-12-18(22-16(2)20)10-6-7-13-21-14-17-8-4-3-5-9-17/h3-5,8-9,18H,7,11-14H2,1-2H3. The third kappa shape index (κ3) is 8.93. The molecule has 0 aliphatic rings. The molecular formula is C18H22O4. The smallest absolute Gasteiger partial charge is 0.303 e. The van der Waals surface area contributed by atoms with Crippen LogP contribution < -0.4 is 0 Å². The second-order valence-corrected chi connectivity index (χ2v) is 4.95. The lowest BCUT2D eigenvalue weighted by molar-refractivity contribution is -0.144. The second-order valence-electron chi connectivity index (χ2n) is 4.95. The van der Waals surface area contributed by atoms with Crippen LogP contribution in [0.5, 0.6) is 0 Å². The Morgan fingerprint density at radius 2 is 1.91 bits per heavy atom. The summed E-state index contributed by atoms with van der Waals surface area (Å²) in [5.41, 5.74) is 1.12. The van der Waals surface area contributed by atoms with Crippen LogP contribution >= 0.6 is 0 Å². The summed E-state index contributed by atoms with van der Waals surface area (Å²) < 4.78 is 10.6. The molecule has 4 nitrogen and oxygen atoms in total. The summed E-state index contributed by atoms with van der Waals surface area (Å²) in [6.45, 7) is 3.92. The van der Waals surface area contributed by atoms with Crippen molar-refractivity contribution in [3.05, 3.63) is 35.9 Å². The molecule has 1 atom stereocenters. The minimum atomic E-state index is -0.518. The first-order valence-electron chi connectivity index (χ1n) is 7.34. The van der Waals surface area contributed by atoms with E-state index in [1.807, 2.05) is 30.3 Å². The van der Waals surface area contributed by atoms with Crippen LogP contribution in [0.15, 0.2) is 30.3 Å². The van der Waals surface area contributed by atoms with Crippen molar-refractivity contribution in [2.24, 2.45) is 0 Å². The Morgan fingerprint density at radius 1 is 1.18 bits per heavy atom. The van der Waals surface area contributed by atoms with Gasteiger partial charge in [0.15, 0.2) is 6.10 Å². The maximum Gasteiger partial charge on any atom is 0.303 e. The van der Waals surface area contributed by atoms with E-state index in [2.05, 4.69) is 11.8 Å². The van der Waals surface area contributed by atoms with Crippen LogP contribution in [-0.4, -0.2) is 24.5 Å². The predicted molar refractivity (Wildman–Crippen MR) is 84.0 cm³/mol. The highest BCUT2D eigenvalue weighted by atomic mass is 16.5. The van der Waals surface area contributed by atoms with Gasteiger partial charge in [-0.05, 0) is 12.5 Å². The van der Waals surface area contributed by atoms with Gasteiger partial charge in [0.1, 0.15) is 5.78 Å². The average Bonchev–Trinajstić information content (AvgIpc) is 2.48. The molecule has 0 bridgehead atoms. The zero-order valence-corrected chi connectivity index (χ0v) is 13.1. The summed E-state index contributed by atoms with van der Waals surface area (Å²) in [7, 11) is 0. The van der Waals surface area contributed by atoms with Gasteiger partial charge < -0.3 is 14.3 Å². The fraction of sp³-hybridized carbons (Fsp3) is 0.444. The first-order chi connectivity index (χ1) is 10.6. The van der Waals surface area contributed by atoms with Gasteiger partial charge in [-0.1, -0.05) is 42.2 Å². The SMILES string of the molecule is CC(=O)CCC(C#CCCOCc1ccccc1)OC(C)=O. The molecule has 1 unspecified atom stereocenters. The summed E-state index contributed by atoms with van der Waals surface area (Å²) in [6, 6.07) is 9.91. The van der Waals surface area contributed by atoms with Gasteiger partial charge in [0.05, 0.1) is 13.2 Å². The molecule has 0 saturated carbocycles. The Hall–Kier alpha value is -2.12. The van der Waals surface area contributed by atoms with Crippen molar-refractivity contribution in [2.45, 2.75) is 45.8 Å². The van der Waals surface area contributed by atoms with Crippen LogP contribution in [0.2, 0.25) is 0 Å². The van der Waals surface area contributed by atoms with Gasteiger partial charge in [-0.2, -0.15) is 0 Å². The Labute approximate surface area is 131 Å². The van der Waals surface area contributed by atoms with Crippen molar-refractivity contribution in [3.63, 3.8) is 0 Å². The molecule has 0 amide bonds. The number of rotatable bonds is 8. The fourth-order valence-electron chi connectivity index (χ4n) is 1.77. The number of carbonyl (C=O) groups excluding carboxylic acids is 2. The molecule has 0 saturated heterocycles. The van der Waals surface area contributed by atoms with Crippen molar-refractivity contribution >= 4 is 11.8 Å². The summed E-state index contributed by atoms with van der Waals surface area (Å²) in [5, 5.41) is 0. The zero-order valence-electron chi connectivity index (χ0n) is 13.1. The molecule has 22 heavy (non-hydrogen) atoms.